The van der Waals surface area contributed by atoms with Crippen LogP contribution in [0.25, 0.3) is 6.08 Å². The summed E-state index contributed by atoms with van der Waals surface area (Å²) < 4.78 is 11.2. The molecule has 3 fully saturated rings. The molecular formula is C18H18NO4+. The van der Waals surface area contributed by atoms with E-state index in [9.17, 15) is 9.59 Å². The number of benzene rings is 1. The molecule has 1 unspecified atom stereocenters. The zero-order valence-electron chi connectivity index (χ0n) is 12.8. The van der Waals surface area contributed by atoms with Gasteiger partial charge < -0.3 is 9.47 Å². The van der Waals surface area contributed by atoms with Crippen LogP contribution in [-0.4, -0.2) is 36.6 Å². The summed E-state index contributed by atoms with van der Waals surface area (Å²) >= 11 is 0. The number of Topliss-reactive ketones (excluding diaryl/α,β-unsaturated/α-hetero) is 2. The lowest BCUT2D eigenvalue weighted by Gasteiger charge is -2.30. The lowest BCUT2D eigenvalue weighted by atomic mass is 9.76. The van der Waals surface area contributed by atoms with Crippen LogP contribution in [0.1, 0.15) is 24.1 Å². The molecule has 1 aromatic carbocycles. The lowest BCUT2D eigenvalue weighted by Crippen LogP contribution is -3.11. The highest BCUT2D eigenvalue weighted by molar-refractivity contribution is 5.90. The third kappa shape index (κ3) is 1.67. The molecule has 1 aromatic rings. The minimum Gasteiger partial charge on any atom is -0.343 e. The number of hydrogen-bond acceptors (Lipinski definition) is 4. The number of ketones is 2. The Hall–Kier alpha value is -1.82. The van der Waals surface area contributed by atoms with E-state index in [2.05, 4.69) is 24.4 Å². The maximum absolute atomic E-state index is 12.9. The van der Waals surface area contributed by atoms with Crippen LogP contribution in [0.4, 0.5) is 0 Å². The van der Waals surface area contributed by atoms with Gasteiger partial charge in [-0.25, -0.2) is 0 Å². The average Bonchev–Trinajstić information content (AvgIpc) is 3.13. The van der Waals surface area contributed by atoms with Gasteiger partial charge in [-0.15, -0.1) is 0 Å². The Morgan fingerprint density at radius 1 is 1.30 bits per heavy atom. The highest BCUT2D eigenvalue weighted by Crippen LogP contribution is 2.46. The molecule has 0 radical (unpaired) electrons. The van der Waals surface area contributed by atoms with Crippen LogP contribution in [0.15, 0.2) is 30.5 Å². The smallest absolute Gasteiger partial charge is 0.218 e. The van der Waals surface area contributed by atoms with Crippen molar-refractivity contribution < 1.29 is 24.0 Å². The predicted molar refractivity (Wildman–Crippen MR) is 80.2 cm³/mol. The van der Waals surface area contributed by atoms with Crippen LogP contribution >= 0.6 is 0 Å². The third-order valence-corrected chi connectivity index (χ3v) is 5.80. The zero-order valence-corrected chi connectivity index (χ0v) is 12.8. The van der Waals surface area contributed by atoms with Crippen LogP contribution in [0, 0.1) is 11.8 Å². The lowest BCUT2D eigenvalue weighted by molar-refractivity contribution is -0.885. The number of carbonyl (C=O) groups excluding carboxylic acids is 2. The van der Waals surface area contributed by atoms with Gasteiger partial charge >= 0.3 is 0 Å². The SMILES string of the molecule is CC(=O)[C@H]1[C@H]2[C@@H](C(=O)[C@@H]3OC[C@@H]2O3)[C@H]2c3ccccc3C=C[NH+]21. The maximum Gasteiger partial charge on any atom is 0.218 e. The first-order chi connectivity index (χ1) is 11.2. The van der Waals surface area contributed by atoms with Gasteiger partial charge in [-0.3, -0.25) is 14.5 Å². The number of ether oxygens (including phenoxy) is 2. The van der Waals surface area contributed by atoms with Crippen molar-refractivity contribution in [1.29, 1.82) is 0 Å². The molecule has 4 aliphatic heterocycles. The molecule has 0 spiro atoms. The number of nitrogens with one attached hydrogen (secondary N) is 1. The average molecular weight is 312 g/mol. The first-order valence-corrected chi connectivity index (χ1v) is 8.12. The van der Waals surface area contributed by atoms with E-state index in [1.165, 1.54) is 0 Å². The van der Waals surface area contributed by atoms with E-state index in [1.54, 1.807) is 6.92 Å². The first kappa shape index (κ1) is 13.6. The van der Waals surface area contributed by atoms with Gasteiger partial charge in [-0.1, -0.05) is 24.3 Å². The second-order valence-corrected chi connectivity index (χ2v) is 6.87. The normalized spacial score (nSPS) is 43.0. The molecule has 7 atom stereocenters. The van der Waals surface area contributed by atoms with Crippen molar-refractivity contribution in [3.05, 3.63) is 41.6 Å². The second kappa shape index (κ2) is 4.60. The highest BCUT2D eigenvalue weighted by atomic mass is 16.7. The fourth-order valence-electron chi connectivity index (χ4n) is 5.00. The molecule has 0 aromatic heterocycles. The minimum absolute atomic E-state index is 0.0000954. The van der Waals surface area contributed by atoms with Crippen LogP contribution in [-0.2, 0) is 19.1 Å². The van der Waals surface area contributed by atoms with Gasteiger partial charge in [0.25, 0.3) is 0 Å². The molecule has 4 aliphatic rings. The summed E-state index contributed by atoms with van der Waals surface area (Å²) in [5.74, 6) is -0.200. The molecule has 118 valence electrons. The predicted octanol–water partition coefficient (Wildman–Crippen LogP) is 0.125. The largest absolute Gasteiger partial charge is 0.343 e. The molecule has 0 saturated carbocycles. The Morgan fingerprint density at radius 3 is 2.96 bits per heavy atom. The molecule has 23 heavy (non-hydrogen) atoms. The van der Waals surface area contributed by atoms with Gasteiger partial charge in [0.2, 0.25) is 6.29 Å². The fourth-order valence-corrected chi connectivity index (χ4v) is 5.00. The van der Waals surface area contributed by atoms with Crippen LogP contribution in [0.5, 0.6) is 0 Å². The van der Waals surface area contributed by atoms with E-state index in [1.807, 2.05) is 12.1 Å². The highest BCUT2D eigenvalue weighted by Gasteiger charge is 2.66. The quantitative estimate of drug-likeness (QED) is 0.800. The Labute approximate surface area is 133 Å². The van der Waals surface area contributed by atoms with Gasteiger partial charge in [0, 0.05) is 12.5 Å². The summed E-state index contributed by atoms with van der Waals surface area (Å²) in [5, 5.41) is 0. The van der Waals surface area contributed by atoms with Crippen LogP contribution < -0.4 is 4.90 Å². The molecule has 0 aliphatic carbocycles. The summed E-state index contributed by atoms with van der Waals surface area (Å²) in [6, 6.07) is 7.88. The van der Waals surface area contributed by atoms with Crippen molar-refractivity contribution in [2.75, 3.05) is 6.61 Å². The van der Waals surface area contributed by atoms with Gasteiger partial charge in [0.1, 0.15) is 6.04 Å². The van der Waals surface area contributed by atoms with E-state index < -0.39 is 6.29 Å². The van der Waals surface area contributed by atoms with Crippen molar-refractivity contribution >= 4 is 17.6 Å². The van der Waals surface area contributed by atoms with Crippen molar-refractivity contribution in [1.82, 2.24) is 0 Å². The number of rotatable bonds is 1. The minimum atomic E-state index is -0.744. The maximum atomic E-state index is 12.9. The summed E-state index contributed by atoms with van der Waals surface area (Å²) in [6.45, 7) is 2.03. The van der Waals surface area contributed by atoms with Gasteiger partial charge in [0.15, 0.2) is 17.6 Å². The zero-order chi connectivity index (χ0) is 15.7. The molecule has 0 amide bonds. The third-order valence-electron chi connectivity index (χ3n) is 5.80. The van der Waals surface area contributed by atoms with Gasteiger partial charge in [0.05, 0.1) is 30.7 Å². The monoisotopic (exact) mass is 312 g/mol. The summed E-state index contributed by atoms with van der Waals surface area (Å²) in [4.78, 5) is 26.4. The Kier molecular flexibility index (Phi) is 2.72. The number of carbonyl (C=O) groups is 2. The number of quaternary nitrogens is 1. The Morgan fingerprint density at radius 2 is 2.13 bits per heavy atom. The van der Waals surface area contributed by atoms with Crippen LogP contribution in [0.3, 0.4) is 0 Å². The van der Waals surface area contributed by atoms with Crippen LogP contribution in [0.2, 0.25) is 0 Å². The number of hydrogen-bond donors (Lipinski definition) is 1. The van der Waals surface area contributed by atoms with Crippen molar-refractivity contribution in [3.8, 4) is 0 Å². The van der Waals surface area contributed by atoms with Crippen molar-refractivity contribution in [3.63, 3.8) is 0 Å². The fraction of sp³-hybridized carbons (Fsp3) is 0.444. The standard InChI is InChI=1S/C18H17NO4/c1-9(20)15-13-12-8-22-18(23-12)17(21)14(13)16-11-5-3-2-4-10(11)6-7-19(15)16/h2-7,12-16,18H,8H2,1H3/p+1/t12-,13+,14+,15-,16+,18+/m0/s1. The Balaban J connectivity index is 1.70. The van der Waals surface area contributed by atoms with Crippen molar-refractivity contribution in [2.24, 2.45) is 11.8 Å². The molecule has 5 heteroatoms. The second-order valence-electron chi connectivity index (χ2n) is 6.87. The van der Waals surface area contributed by atoms with E-state index >= 15 is 0 Å². The summed E-state index contributed by atoms with van der Waals surface area (Å²) in [6.07, 6.45) is 3.22. The van der Waals surface area contributed by atoms with E-state index in [0.717, 1.165) is 16.0 Å². The molecule has 2 bridgehead atoms. The summed E-state index contributed by atoms with van der Waals surface area (Å²) in [7, 11) is 0. The molecule has 5 nitrogen and oxygen atoms in total. The molecular weight excluding hydrogens is 294 g/mol. The first-order valence-electron chi connectivity index (χ1n) is 8.12. The number of fused-ring (bicyclic) bond motifs is 8. The Bertz CT molecular complexity index is 742. The van der Waals surface area contributed by atoms with E-state index in [-0.39, 0.29) is 41.6 Å². The van der Waals surface area contributed by atoms with Crippen molar-refractivity contribution in [2.45, 2.75) is 31.4 Å². The van der Waals surface area contributed by atoms with Gasteiger partial charge in [-0.2, -0.15) is 0 Å². The molecule has 5 rings (SSSR count). The van der Waals surface area contributed by atoms with Gasteiger partial charge in [-0.05, 0) is 11.6 Å². The molecule has 3 saturated heterocycles. The summed E-state index contributed by atoms with van der Waals surface area (Å²) in [5.41, 5.74) is 2.29. The molecule has 1 N–H and O–H groups in total. The topological polar surface area (TPSA) is 57.0 Å². The molecule has 4 heterocycles. The van der Waals surface area contributed by atoms with E-state index in [0.29, 0.717) is 6.61 Å². The van der Waals surface area contributed by atoms with E-state index in [4.69, 9.17) is 9.47 Å².